The van der Waals surface area contributed by atoms with E-state index in [1.165, 1.54) is 0 Å². The van der Waals surface area contributed by atoms with Crippen molar-refractivity contribution in [3.05, 3.63) is 30.1 Å². The fourth-order valence-corrected chi connectivity index (χ4v) is 2.98. The first-order valence-corrected chi connectivity index (χ1v) is 8.33. The summed E-state index contributed by atoms with van der Waals surface area (Å²) < 4.78 is 26.0. The number of hydrogen-bond donors (Lipinski definition) is 1. The van der Waals surface area contributed by atoms with Gasteiger partial charge in [0.2, 0.25) is 0 Å². The zero-order valence-electron chi connectivity index (χ0n) is 13.9. The summed E-state index contributed by atoms with van der Waals surface area (Å²) >= 11 is 0. The van der Waals surface area contributed by atoms with Crippen LogP contribution in [0.5, 0.6) is 0 Å². The summed E-state index contributed by atoms with van der Waals surface area (Å²) in [6.45, 7) is 5.83. The Labute approximate surface area is 140 Å². The summed E-state index contributed by atoms with van der Waals surface area (Å²) in [6.07, 6.45) is -1.51. The Morgan fingerprint density at radius 1 is 1.12 bits per heavy atom. The number of hydrogen-bond acceptors (Lipinski definition) is 5. The van der Waals surface area contributed by atoms with Crippen molar-refractivity contribution in [2.24, 2.45) is 0 Å². The maximum Gasteiger partial charge on any atom is 0.297 e. The smallest absolute Gasteiger partial charge is 0.297 e. The van der Waals surface area contributed by atoms with Crippen molar-refractivity contribution in [2.75, 3.05) is 51.6 Å². The summed E-state index contributed by atoms with van der Waals surface area (Å²) in [5.41, 5.74) is 0.543. The third-order valence-electron chi connectivity index (χ3n) is 4.35. The van der Waals surface area contributed by atoms with Crippen molar-refractivity contribution in [3.63, 3.8) is 0 Å². The van der Waals surface area contributed by atoms with Crippen molar-refractivity contribution in [1.29, 1.82) is 0 Å². The molecule has 1 aromatic carbocycles. The highest BCUT2D eigenvalue weighted by Gasteiger charge is 2.15. The molecule has 1 N–H and O–H groups in total. The van der Waals surface area contributed by atoms with Gasteiger partial charge in [-0.25, -0.2) is 18.7 Å². The summed E-state index contributed by atoms with van der Waals surface area (Å²) in [5, 5.41) is 4.00. The second kappa shape index (κ2) is 7.81. The first-order chi connectivity index (χ1) is 11.6. The van der Waals surface area contributed by atoms with E-state index in [-0.39, 0.29) is 0 Å². The normalized spacial score (nSPS) is 17.3. The highest BCUT2D eigenvalue weighted by molar-refractivity contribution is 5.88. The molecule has 0 spiro atoms. The molecule has 0 amide bonds. The van der Waals surface area contributed by atoms with Gasteiger partial charge in [0.1, 0.15) is 5.82 Å². The average molecular weight is 335 g/mol. The number of rotatable bonds is 5. The lowest BCUT2D eigenvalue weighted by atomic mass is 10.2. The van der Waals surface area contributed by atoms with Crippen molar-refractivity contribution in [3.8, 4) is 0 Å². The molecule has 0 aliphatic carbocycles. The molecule has 1 saturated heterocycles. The van der Waals surface area contributed by atoms with E-state index in [0.29, 0.717) is 17.9 Å². The number of para-hydroxylation sites is 1. The van der Waals surface area contributed by atoms with Gasteiger partial charge >= 0.3 is 0 Å². The number of alkyl halides is 2. The van der Waals surface area contributed by atoms with Gasteiger partial charge < -0.3 is 15.1 Å². The molecule has 24 heavy (non-hydrogen) atoms. The van der Waals surface area contributed by atoms with Crippen LogP contribution < -0.4 is 5.32 Å². The highest BCUT2D eigenvalue weighted by atomic mass is 19.3. The van der Waals surface area contributed by atoms with Gasteiger partial charge in [-0.2, -0.15) is 0 Å². The molecule has 0 unspecified atom stereocenters. The number of halogens is 2. The van der Waals surface area contributed by atoms with Crippen LogP contribution in [0.25, 0.3) is 10.9 Å². The average Bonchev–Trinajstić information content (AvgIpc) is 2.79. The van der Waals surface area contributed by atoms with E-state index in [1.54, 1.807) is 12.1 Å². The number of fused-ring (bicyclic) bond motifs is 1. The molecule has 0 saturated carbocycles. The number of nitrogens with zero attached hydrogens (tertiary/aromatic N) is 4. The molecular weight excluding hydrogens is 312 g/mol. The zero-order chi connectivity index (χ0) is 16.9. The molecular formula is C17H23F2N5. The van der Waals surface area contributed by atoms with Gasteiger partial charge in [-0.15, -0.1) is 0 Å². The summed E-state index contributed by atoms with van der Waals surface area (Å²) in [4.78, 5) is 12.7. The van der Waals surface area contributed by atoms with Crippen molar-refractivity contribution in [1.82, 2.24) is 19.8 Å². The Kier molecular flexibility index (Phi) is 5.52. The standard InChI is InChI=1S/C17H23F2N5/c1-23-8-4-9-24(12-11-23)10-7-20-16-13-5-2-3-6-14(13)21-17(22-16)15(18)19/h2-3,5-6,15H,4,7-12H2,1H3,(H,20,21,22). The minimum Gasteiger partial charge on any atom is -0.368 e. The summed E-state index contributed by atoms with van der Waals surface area (Å²) in [5.74, 6) is 0.0652. The predicted octanol–water partition coefficient (Wildman–Crippen LogP) is 2.62. The lowest BCUT2D eigenvalue weighted by Gasteiger charge is -2.20. The topological polar surface area (TPSA) is 44.3 Å². The van der Waals surface area contributed by atoms with Gasteiger partial charge in [0.25, 0.3) is 6.43 Å². The minimum absolute atomic E-state index is 0.424. The van der Waals surface area contributed by atoms with Gasteiger partial charge in [0, 0.05) is 31.6 Å². The van der Waals surface area contributed by atoms with E-state index >= 15 is 0 Å². The lowest BCUT2D eigenvalue weighted by molar-refractivity contribution is 0.141. The maximum absolute atomic E-state index is 13.0. The largest absolute Gasteiger partial charge is 0.368 e. The Balaban J connectivity index is 1.68. The third kappa shape index (κ3) is 4.15. The molecule has 1 fully saturated rings. The molecule has 1 aromatic heterocycles. The van der Waals surface area contributed by atoms with Crippen LogP contribution in [0.3, 0.4) is 0 Å². The second-order valence-electron chi connectivity index (χ2n) is 6.17. The molecule has 1 aliphatic rings. The number of aromatic nitrogens is 2. The molecule has 7 heteroatoms. The van der Waals surface area contributed by atoms with Crippen LogP contribution >= 0.6 is 0 Å². The molecule has 2 aromatic rings. The van der Waals surface area contributed by atoms with E-state index in [9.17, 15) is 8.78 Å². The van der Waals surface area contributed by atoms with Crippen LogP contribution in [0, 0.1) is 0 Å². The van der Waals surface area contributed by atoms with Crippen molar-refractivity contribution >= 4 is 16.7 Å². The van der Waals surface area contributed by atoms with Gasteiger partial charge in [0.15, 0.2) is 5.82 Å². The number of benzene rings is 1. The summed E-state index contributed by atoms with van der Waals surface area (Å²) in [7, 11) is 2.14. The molecule has 0 bridgehead atoms. The lowest BCUT2D eigenvalue weighted by Crippen LogP contribution is -2.32. The van der Waals surface area contributed by atoms with Gasteiger partial charge in [0.05, 0.1) is 5.52 Å². The van der Waals surface area contributed by atoms with Gasteiger partial charge in [-0.05, 0) is 38.7 Å². The fraction of sp³-hybridized carbons (Fsp3) is 0.529. The Morgan fingerprint density at radius 2 is 1.96 bits per heavy atom. The molecule has 130 valence electrons. The molecule has 5 nitrogen and oxygen atoms in total. The Hall–Kier alpha value is -1.86. The minimum atomic E-state index is -2.67. The SMILES string of the molecule is CN1CCCN(CCNc2nc(C(F)F)nc3ccccc23)CC1. The van der Waals surface area contributed by atoms with E-state index in [0.717, 1.165) is 44.5 Å². The van der Waals surface area contributed by atoms with E-state index < -0.39 is 12.2 Å². The van der Waals surface area contributed by atoms with Gasteiger partial charge in [-0.3, -0.25) is 0 Å². The van der Waals surface area contributed by atoms with Crippen LogP contribution in [0.2, 0.25) is 0 Å². The van der Waals surface area contributed by atoms with Crippen LogP contribution in [0.15, 0.2) is 24.3 Å². The zero-order valence-corrected chi connectivity index (χ0v) is 13.9. The number of likely N-dealkylation sites (N-methyl/N-ethyl adjacent to an activating group) is 1. The Morgan fingerprint density at radius 3 is 2.79 bits per heavy atom. The van der Waals surface area contributed by atoms with Crippen LogP contribution in [-0.4, -0.2) is 66.1 Å². The molecule has 1 aliphatic heterocycles. The summed E-state index contributed by atoms with van der Waals surface area (Å²) in [6, 6.07) is 7.25. The molecule has 0 atom stereocenters. The first kappa shape index (κ1) is 17.0. The second-order valence-corrected chi connectivity index (χ2v) is 6.17. The fourth-order valence-electron chi connectivity index (χ4n) is 2.98. The Bertz CT molecular complexity index is 679. The van der Waals surface area contributed by atoms with Crippen LogP contribution in [0.1, 0.15) is 18.7 Å². The quantitative estimate of drug-likeness (QED) is 0.910. The number of anilines is 1. The van der Waals surface area contributed by atoms with E-state index in [1.807, 2.05) is 12.1 Å². The monoisotopic (exact) mass is 335 g/mol. The molecule has 2 heterocycles. The highest BCUT2D eigenvalue weighted by Crippen LogP contribution is 2.24. The maximum atomic E-state index is 13.0. The van der Waals surface area contributed by atoms with Crippen molar-refractivity contribution < 1.29 is 8.78 Å². The van der Waals surface area contributed by atoms with Crippen molar-refractivity contribution in [2.45, 2.75) is 12.8 Å². The predicted molar refractivity (Wildman–Crippen MR) is 91.5 cm³/mol. The van der Waals surface area contributed by atoms with Gasteiger partial charge in [-0.1, -0.05) is 12.1 Å². The van der Waals surface area contributed by atoms with Crippen LogP contribution in [0.4, 0.5) is 14.6 Å². The molecule has 3 rings (SSSR count). The number of nitrogens with one attached hydrogen (secondary N) is 1. The van der Waals surface area contributed by atoms with Crippen LogP contribution in [-0.2, 0) is 0 Å². The molecule has 0 radical (unpaired) electrons. The third-order valence-corrected chi connectivity index (χ3v) is 4.35. The van der Waals surface area contributed by atoms with E-state index in [4.69, 9.17) is 0 Å². The van der Waals surface area contributed by atoms with E-state index in [2.05, 4.69) is 32.1 Å². The first-order valence-electron chi connectivity index (χ1n) is 8.33.